The van der Waals surface area contributed by atoms with Gasteiger partial charge in [0.25, 0.3) is 5.91 Å². The summed E-state index contributed by atoms with van der Waals surface area (Å²) in [5.74, 6) is -2.39. The summed E-state index contributed by atoms with van der Waals surface area (Å²) in [6, 6.07) is 16.4. The predicted molar refractivity (Wildman–Crippen MR) is 134 cm³/mol. The van der Waals surface area contributed by atoms with E-state index in [1.165, 1.54) is 23.1 Å². The fraction of sp³-hybridized carbons (Fsp3) is 0.111. The molecule has 1 amide bonds. The number of carbonyl (C=O) groups excluding carboxylic acids is 1. The van der Waals surface area contributed by atoms with Gasteiger partial charge in [0.2, 0.25) is 0 Å². The molecule has 1 atom stereocenters. The Bertz CT molecular complexity index is 1630. The van der Waals surface area contributed by atoms with Crippen molar-refractivity contribution in [2.24, 2.45) is 5.73 Å². The molecule has 38 heavy (non-hydrogen) atoms. The third-order valence-electron chi connectivity index (χ3n) is 5.92. The lowest BCUT2D eigenvalue weighted by Gasteiger charge is -2.15. The highest BCUT2D eigenvalue weighted by Gasteiger charge is 2.36. The minimum Gasteiger partial charge on any atom is -0.324 e. The van der Waals surface area contributed by atoms with Crippen molar-refractivity contribution in [1.29, 1.82) is 0 Å². The molecule has 0 aliphatic rings. The van der Waals surface area contributed by atoms with E-state index in [1.54, 1.807) is 42.5 Å². The summed E-state index contributed by atoms with van der Waals surface area (Å²) >= 11 is 0. The van der Waals surface area contributed by atoms with Crippen LogP contribution in [0, 0.1) is 5.82 Å². The summed E-state index contributed by atoms with van der Waals surface area (Å²) in [7, 11) is 0. The van der Waals surface area contributed by atoms with Gasteiger partial charge in [0.1, 0.15) is 11.6 Å². The zero-order valence-corrected chi connectivity index (χ0v) is 19.9. The molecule has 0 spiro atoms. The first-order valence-corrected chi connectivity index (χ1v) is 11.5. The van der Waals surface area contributed by atoms with Crippen molar-refractivity contribution in [3.63, 3.8) is 0 Å². The van der Waals surface area contributed by atoms with Gasteiger partial charge in [-0.05, 0) is 55.0 Å². The third kappa shape index (κ3) is 4.71. The maximum atomic E-state index is 15.0. The molecule has 192 valence electrons. The highest BCUT2D eigenvalue weighted by Crippen LogP contribution is 2.38. The van der Waals surface area contributed by atoms with Gasteiger partial charge in [-0.25, -0.2) is 19.0 Å². The lowest BCUT2D eigenvalue weighted by molar-refractivity contribution is -0.137. The standard InChI is InChI=1S/C27H20F4N6O/c1-15(32)16-8-9-18-23(12-16)36-37(17-6-3-2-4-7-17)25(18)35-26(38)20-13-19(24-33-10-5-11-34-24)21(14-22(20)28)27(29,30)31/h2-15H,32H2,1H3,(H,35,38). The van der Waals surface area contributed by atoms with Crippen molar-refractivity contribution >= 4 is 22.6 Å². The first-order chi connectivity index (χ1) is 18.1. The Morgan fingerprint density at radius 1 is 1.00 bits per heavy atom. The number of nitrogens with zero attached hydrogens (tertiary/aromatic N) is 4. The molecule has 0 radical (unpaired) electrons. The number of amides is 1. The van der Waals surface area contributed by atoms with E-state index in [9.17, 15) is 22.4 Å². The molecule has 3 N–H and O–H groups in total. The molecule has 0 bridgehead atoms. The van der Waals surface area contributed by atoms with Crippen LogP contribution in [-0.2, 0) is 6.18 Å². The van der Waals surface area contributed by atoms with Crippen molar-refractivity contribution in [3.05, 3.63) is 102 Å². The number of fused-ring (bicyclic) bond motifs is 1. The third-order valence-corrected chi connectivity index (χ3v) is 5.92. The van der Waals surface area contributed by atoms with Gasteiger partial charge in [-0.1, -0.05) is 24.3 Å². The molecule has 2 heterocycles. The fourth-order valence-electron chi connectivity index (χ4n) is 4.04. The summed E-state index contributed by atoms with van der Waals surface area (Å²) in [4.78, 5) is 21.1. The molecule has 11 heteroatoms. The SMILES string of the molecule is CC(N)c1ccc2c(NC(=O)c3cc(-c4ncccn4)c(C(F)(F)F)cc3F)n(-c3ccccc3)nc2c1. The Balaban J connectivity index is 1.63. The van der Waals surface area contributed by atoms with E-state index in [4.69, 9.17) is 5.73 Å². The van der Waals surface area contributed by atoms with E-state index >= 15 is 0 Å². The van der Waals surface area contributed by atoms with Gasteiger partial charge < -0.3 is 11.1 Å². The van der Waals surface area contributed by atoms with Crippen LogP contribution in [0.15, 0.2) is 79.1 Å². The number of para-hydroxylation sites is 1. The summed E-state index contributed by atoms with van der Waals surface area (Å²) in [6.45, 7) is 1.82. The smallest absolute Gasteiger partial charge is 0.324 e. The molecule has 5 aromatic rings. The highest BCUT2D eigenvalue weighted by atomic mass is 19.4. The molecule has 0 saturated heterocycles. The first kappa shape index (κ1) is 25.0. The van der Waals surface area contributed by atoms with Crippen molar-refractivity contribution in [1.82, 2.24) is 19.7 Å². The predicted octanol–water partition coefficient (Wildman–Crippen LogP) is 5.91. The Morgan fingerprint density at radius 2 is 1.71 bits per heavy atom. The van der Waals surface area contributed by atoms with Gasteiger partial charge in [0, 0.05) is 29.4 Å². The number of alkyl halides is 3. The minimum atomic E-state index is -4.90. The number of carbonyl (C=O) groups is 1. The lowest BCUT2D eigenvalue weighted by Crippen LogP contribution is -2.18. The zero-order valence-electron chi connectivity index (χ0n) is 19.9. The molecular weight excluding hydrogens is 500 g/mol. The number of hydrogen-bond acceptors (Lipinski definition) is 5. The van der Waals surface area contributed by atoms with E-state index in [0.29, 0.717) is 16.6 Å². The van der Waals surface area contributed by atoms with Gasteiger partial charge in [0.05, 0.1) is 22.3 Å². The Labute approximate surface area is 214 Å². The number of benzene rings is 3. The van der Waals surface area contributed by atoms with Crippen LogP contribution in [0.4, 0.5) is 23.4 Å². The average molecular weight is 520 g/mol. The molecule has 0 aliphatic heterocycles. The highest BCUT2D eigenvalue weighted by molar-refractivity contribution is 6.09. The first-order valence-electron chi connectivity index (χ1n) is 11.5. The molecule has 0 saturated carbocycles. The maximum absolute atomic E-state index is 15.0. The molecule has 2 aromatic heterocycles. The molecule has 3 aromatic carbocycles. The van der Waals surface area contributed by atoms with Gasteiger partial charge in [-0.3, -0.25) is 4.79 Å². The topological polar surface area (TPSA) is 98.7 Å². The van der Waals surface area contributed by atoms with Gasteiger partial charge in [0.15, 0.2) is 5.82 Å². The zero-order chi connectivity index (χ0) is 27.0. The Hall–Kier alpha value is -4.64. The number of halogens is 4. The molecule has 1 unspecified atom stereocenters. The van der Waals surface area contributed by atoms with Crippen molar-refractivity contribution < 1.29 is 22.4 Å². The van der Waals surface area contributed by atoms with E-state index in [0.717, 1.165) is 11.6 Å². The number of anilines is 1. The summed E-state index contributed by atoms with van der Waals surface area (Å²) in [5, 5.41) is 7.77. The Kier molecular flexibility index (Phi) is 6.37. The number of hydrogen-bond donors (Lipinski definition) is 2. The van der Waals surface area contributed by atoms with Crippen LogP contribution in [-0.4, -0.2) is 25.7 Å². The maximum Gasteiger partial charge on any atom is 0.417 e. The van der Waals surface area contributed by atoms with Crippen molar-refractivity contribution in [3.8, 4) is 17.1 Å². The van der Waals surface area contributed by atoms with E-state index in [1.807, 2.05) is 13.0 Å². The largest absolute Gasteiger partial charge is 0.417 e. The van der Waals surface area contributed by atoms with E-state index < -0.39 is 34.6 Å². The van der Waals surface area contributed by atoms with Crippen molar-refractivity contribution in [2.45, 2.75) is 19.1 Å². The molecule has 0 aliphatic carbocycles. The quantitative estimate of drug-likeness (QED) is 0.281. The van der Waals surface area contributed by atoms with Crippen LogP contribution in [0.5, 0.6) is 0 Å². The Morgan fingerprint density at radius 3 is 2.37 bits per heavy atom. The van der Waals surface area contributed by atoms with Crippen LogP contribution < -0.4 is 11.1 Å². The van der Waals surface area contributed by atoms with Gasteiger partial charge in [-0.15, -0.1) is 0 Å². The van der Waals surface area contributed by atoms with Crippen LogP contribution in [0.3, 0.4) is 0 Å². The monoisotopic (exact) mass is 520 g/mol. The number of nitrogens with two attached hydrogens (primary N) is 1. The fourth-order valence-corrected chi connectivity index (χ4v) is 4.04. The lowest BCUT2D eigenvalue weighted by atomic mass is 10.0. The number of rotatable bonds is 5. The van der Waals surface area contributed by atoms with Gasteiger partial charge >= 0.3 is 6.18 Å². The second kappa shape index (κ2) is 9.67. The molecular formula is C27H20F4N6O. The van der Waals surface area contributed by atoms with Gasteiger partial charge in [-0.2, -0.15) is 18.3 Å². The summed E-state index contributed by atoms with van der Waals surface area (Å²) in [6.07, 6.45) is -2.39. The summed E-state index contributed by atoms with van der Waals surface area (Å²) < 4.78 is 57.6. The minimum absolute atomic E-state index is 0.212. The molecule has 0 fully saturated rings. The van der Waals surface area contributed by atoms with Crippen LogP contribution in [0.25, 0.3) is 28.0 Å². The van der Waals surface area contributed by atoms with Crippen LogP contribution in [0.1, 0.15) is 34.5 Å². The van der Waals surface area contributed by atoms with Crippen molar-refractivity contribution in [2.75, 3.05) is 5.32 Å². The van der Waals surface area contributed by atoms with Crippen LogP contribution >= 0.6 is 0 Å². The number of aromatic nitrogens is 4. The average Bonchev–Trinajstić information content (AvgIpc) is 3.26. The second-order valence-corrected chi connectivity index (χ2v) is 8.56. The van der Waals surface area contributed by atoms with E-state index in [2.05, 4.69) is 20.4 Å². The van der Waals surface area contributed by atoms with Crippen LogP contribution in [0.2, 0.25) is 0 Å². The van der Waals surface area contributed by atoms with E-state index in [-0.39, 0.29) is 23.8 Å². The normalized spacial score (nSPS) is 12.5. The number of nitrogens with one attached hydrogen (secondary N) is 1. The summed E-state index contributed by atoms with van der Waals surface area (Å²) in [5.41, 5.74) is 5.52. The molecule has 7 nitrogen and oxygen atoms in total. The second-order valence-electron chi connectivity index (χ2n) is 8.56. The molecule has 5 rings (SSSR count).